The molecule has 3 heterocycles. The summed E-state index contributed by atoms with van der Waals surface area (Å²) in [6.07, 6.45) is 2.12. The Morgan fingerprint density at radius 3 is 2.76 bits per heavy atom. The fraction of sp³-hybridized carbons (Fsp3) is 0.389. The van der Waals surface area contributed by atoms with Crippen molar-refractivity contribution in [2.45, 2.75) is 19.4 Å². The third kappa shape index (κ3) is 3.65. The van der Waals surface area contributed by atoms with Gasteiger partial charge in [-0.2, -0.15) is 0 Å². The van der Waals surface area contributed by atoms with Crippen molar-refractivity contribution in [3.05, 3.63) is 52.1 Å². The molecular formula is C18H21N3O4. The average molecular weight is 343 g/mol. The number of carbonyl (C=O) groups excluding carboxylic acids is 1. The molecule has 0 saturated carbocycles. The number of aromatic nitrogens is 2. The van der Waals surface area contributed by atoms with Crippen LogP contribution >= 0.6 is 0 Å². The second-order valence-corrected chi connectivity index (χ2v) is 6.10. The van der Waals surface area contributed by atoms with Crippen LogP contribution in [0.2, 0.25) is 0 Å². The minimum Gasteiger partial charge on any atom is -0.488 e. The number of rotatable bonds is 4. The zero-order chi connectivity index (χ0) is 18.0. The maximum atomic E-state index is 12.5. The fourth-order valence-electron chi connectivity index (χ4n) is 2.82. The Morgan fingerprint density at radius 1 is 1.32 bits per heavy atom. The molecule has 2 aromatic heterocycles. The van der Waals surface area contributed by atoms with Crippen molar-refractivity contribution < 1.29 is 14.3 Å². The quantitative estimate of drug-likeness (QED) is 0.839. The molecule has 1 atom stereocenters. The summed E-state index contributed by atoms with van der Waals surface area (Å²) in [5.74, 6) is 0.938. The minimum absolute atomic E-state index is 0.0820. The molecule has 0 aromatic carbocycles. The third-order valence-corrected chi connectivity index (χ3v) is 4.40. The summed E-state index contributed by atoms with van der Waals surface area (Å²) in [4.78, 5) is 30.2. The van der Waals surface area contributed by atoms with E-state index in [-0.39, 0.29) is 17.6 Å². The van der Waals surface area contributed by atoms with Gasteiger partial charge in [-0.1, -0.05) is 0 Å². The molecule has 1 aliphatic rings. The van der Waals surface area contributed by atoms with Crippen LogP contribution in [0.1, 0.15) is 22.5 Å². The van der Waals surface area contributed by atoms with E-state index in [0.29, 0.717) is 30.3 Å². The van der Waals surface area contributed by atoms with Crippen molar-refractivity contribution in [3.8, 4) is 11.6 Å². The maximum absolute atomic E-state index is 12.5. The van der Waals surface area contributed by atoms with E-state index in [0.717, 1.165) is 12.1 Å². The van der Waals surface area contributed by atoms with Crippen molar-refractivity contribution in [1.29, 1.82) is 0 Å². The van der Waals surface area contributed by atoms with Crippen LogP contribution in [0.4, 0.5) is 0 Å². The number of pyridine rings is 2. The first-order valence-corrected chi connectivity index (χ1v) is 8.11. The third-order valence-electron chi connectivity index (χ3n) is 4.40. The standard InChI is InChI=1S/C18H21N3O4/c1-12-8-15(9-17(22)20(12)2)25-14-6-7-21(11-14)18(23)13-4-5-16(24-3)19-10-13/h4-5,8-10,14H,6-7,11H2,1-3H3. The molecule has 7 heteroatoms. The highest BCUT2D eigenvalue weighted by molar-refractivity contribution is 5.94. The number of nitrogens with zero attached hydrogens (tertiary/aromatic N) is 3. The Kier molecular flexibility index (Phi) is 4.74. The van der Waals surface area contributed by atoms with Gasteiger partial charge in [-0.25, -0.2) is 4.98 Å². The monoisotopic (exact) mass is 343 g/mol. The fourth-order valence-corrected chi connectivity index (χ4v) is 2.82. The van der Waals surface area contributed by atoms with Gasteiger partial charge in [-0.3, -0.25) is 9.59 Å². The molecule has 1 unspecified atom stereocenters. The van der Waals surface area contributed by atoms with E-state index in [1.165, 1.54) is 19.4 Å². The molecule has 1 amide bonds. The van der Waals surface area contributed by atoms with E-state index in [2.05, 4.69) is 4.98 Å². The Labute approximate surface area is 145 Å². The van der Waals surface area contributed by atoms with E-state index >= 15 is 0 Å². The molecule has 7 nitrogen and oxygen atoms in total. The average Bonchev–Trinajstić information content (AvgIpc) is 3.07. The number of carbonyl (C=O) groups is 1. The van der Waals surface area contributed by atoms with Gasteiger partial charge in [0.1, 0.15) is 11.9 Å². The van der Waals surface area contributed by atoms with Gasteiger partial charge in [0.15, 0.2) is 0 Å². The van der Waals surface area contributed by atoms with Gasteiger partial charge in [0, 0.05) is 44.0 Å². The molecule has 0 aliphatic carbocycles. The van der Waals surface area contributed by atoms with Crippen LogP contribution in [-0.2, 0) is 7.05 Å². The molecule has 0 bridgehead atoms. The summed E-state index contributed by atoms with van der Waals surface area (Å²) in [7, 11) is 3.26. The van der Waals surface area contributed by atoms with Gasteiger partial charge < -0.3 is 18.9 Å². The Balaban J connectivity index is 1.65. The van der Waals surface area contributed by atoms with Gasteiger partial charge in [0.25, 0.3) is 11.5 Å². The summed E-state index contributed by atoms with van der Waals surface area (Å²) < 4.78 is 12.5. The van der Waals surface area contributed by atoms with Crippen molar-refractivity contribution in [1.82, 2.24) is 14.5 Å². The first-order chi connectivity index (χ1) is 12.0. The van der Waals surface area contributed by atoms with Gasteiger partial charge in [0.05, 0.1) is 19.2 Å². The summed E-state index contributed by atoms with van der Waals surface area (Å²) in [6.45, 7) is 2.95. The smallest absolute Gasteiger partial charge is 0.255 e. The molecule has 1 aliphatic heterocycles. The second-order valence-electron chi connectivity index (χ2n) is 6.10. The number of amides is 1. The zero-order valence-electron chi connectivity index (χ0n) is 14.6. The highest BCUT2D eigenvalue weighted by Gasteiger charge is 2.28. The molecule has 0 N–H and O–H groups in total. The number of ether oxygens (including phenoxy) is 2. The molecule has 0 radical (unpaired) electrons. The van der Waals surface area contributed by atoms with E-state index in [9.17, 15) is 9.59 Å². The number of hydrogen-bond donors (Lipinski definition) is 0. The highest BCUT2D eigenvalue weighted by atomic mass is 16.5. The normalized spacial score (nSPS) is 16.8. The van der Waals surface area contributed by atoms with Crippen LogP contribution in [0.25, 0.3) is 0 Å². The molecule has 1 saturated heterocycles. The van der Waals surface area contributed by atoms with Crippen LogP contribution < -0.4 is 15.0 Å². The van der Waals surface area contributed by atoms with E-state index in [4.69, 9.17) is 9.47 Å². The van der Waals surface area contributed by atoms with Gasteiger partial charge >= 0.3 is 0 Å². The van der Waals surface area contributed by atoms with Crippen LogP contribution in [0.3, 0.4) is 0 Å². The van der Waals surface area contributed by atoms with Gasteiger partial charge in [-0.05, 0) is 19.1 Å². The predicted molar refractivity (Wildman–Crippen MR) is 92.1 cm³/mol. The largest absolute Gasteiger partial charge is 0.488 e. The van der Waals surface area contributed by atoms with Crippen molar-refractivity contribution >= 4 is 5.91 Å². The van der Waals surface area contributed by atoms with Crippen LogP contribution in [0.15, 0.2) is 35.3 Å². The lowest BCUT2D eigenvalue weighted by atomic mass is 10.2. The molecule has 132 valence electrons. The SMILES string of the molecule is COc1ccc(C(=O)N2CCC(Oc3cc(C)n(C)c(=O)c3)C2)cn1. The summed E-state index contributed by atoms with van der Waals surface area (Å²) >= 11 is 0. The summed E-state index contributed by atoms with van der Waals surface area (Å²) in [5.41, 5.74) is 1.24. The summed E-state index contributed by atoms with van der Waals surface area (Å²) in [6, 6.07) is 6.68. The first-order valence-electron chi connectivity index (χ1n) is 8.11. The molecule has 0 spiro atoms. The lowest BCUT2D eigenvalue weighted by molar-refractivity contribution is 0.0772. The minimum atomic E-state index is -0.123. The van der Waals surface area contributed by atoms with E-state index in [1.54, 1.807) is 28.6 Å². The molecule has 1 fully saturated rings. The number of likely N-dealkylation sites (tertiary alicyclic amines) is 1. The van der Waals surface area contributed by atoms with Gasteiger partial charge in [0.2, 0.25) is 5.88 Å². The van der Waals surface area contributed by atoms with Gasteiger partial charge in [-0.15, -0.1) is 0 Å². The van der Waals surface area contributed by atoms with Crippen molar-refractivity contribution in [3.63, 3.8) is 0 Å². The number of hydrogen-bond acceptors (Lipinski definition) is 5. The number of aryl methyl sites for hydroxylation is 1. The maximum Gasteiger partial charge on any atom is 0.255 e. The van der Waals surface area contributed by atoms with E-state index < -0.39 is 0 Å². The van der Waals surface area contributed by atoms with Crippen molar-refractivity contribution in [2.24, 2.45) is 7.05 Å². The van der Waals surface area contributed by atoms with Crippen LogP contribution in [-0.4, -0.2) is 46.7 Å². The van der Waals surface area contributed by atoms with Crippen LogP contribution in [0.5, 0.6) is 11.6 Å². The molecular weight excluding hydrogens is 322 g/mol. The van der Waals surface area contributed by atoms with Crippen LogP contribution in [0, 0.1) is 6.92 Å². The van der Waals surface area contributed by atoms with Crippen molar-refractivity contribution in [2.75, 3.05) is 20.2 Å². The zero-order valence-corrected chi connectivity index (χ0v) is 14.6. The number of methoxy groups -OCH3 is 1. The highest BCUT2D eigenvalue weighted by Crippen LogP contribution is 2.20. The topological polar surface area (TPSA) is 73.7 Å². The Morgan fingerprint density at radius 2 is 2.12 bits per heavy atom. The second kappa shape index (κ2) is 6.96. The lowest BCUT2D eigenvalue weighted by Gasteiger charge is -2.17. The first kappa shape index (κ1) is 17.0. The predicted octanol–water partition coefficient (Wildman–Crippen LogP) is 1.39. The summed E-state index contributed by atoms with van der Waals surface area (Å²) in [5, 5.41) is 0. The molecule has 2 aromatic rings. The lowest BCUT2D eigenvalue weighted by Crippen LogP contribution is -2.31. The Hall–Kier alpha value is -2.83. The Bertz CT molecular complexity index is 829. The van der Waals surface area contributed by atoms with E-state index in [1.807, 2.05) is 13.0 Å². The molecule has 25 heavy (non-hydrogen) atoms. The molecule has 3 rings (SSSR count).